The van der Waals surface area contributed by atoms with Gasteiger partial charge < -0.3 is 10.6 Å². The normalized spacial score (nSPS) is 18.2. The average Bonchev–Trinajstić information content (AvgIpc) is 2.96. The number of likely N-dealkylation sites (tertiary alicyclic amines) is 1. The summed E-state index contributed by atoms with van der Waals surface area (Å²) in [6.45, 7) is 12.6. The minimum absolute atomic E-state index is 0.527. The fraction of sp³-hybridized carbons (Fsp3) is 0.789. The van der Waals surface area contributed by atoms with Crippen LogP contribution in [0.3, 0.4) is 0 Å². The van der Waals surface area contributed by atoms with E-state index in [-0.39, 0.29) is 0 Å². The standard InChI is InChI=1S/C19H36N6/c1-4-20-19(21-11-15-25-14-9-10-23-25)22-16-18(17(2)3)24-12-7-5-6-8-13-24/h9-10,14,17-18H,4-8,11-13,15-16H2,1-3H3,(H2,20,21,22). The van der Waals surface area contributed by atoms with Gasteiger partial charge in [-0.2, -0.15) is 5.10 Å². The van der Waals surface area contributed by atoms with Crippen LogP contribution in [0.1, 0.15) is 46.5 Å². The number of guanidine groups is 1. The molecule has 0 aliphatic carbocycles. The summed E-state index contributed by atoms with van der Waals surface area (Å²) in [5.74, 6) is 1.53. The smallest absolute Gasteiger partial charge is 0.191 e. The Morgan fingerprint density at radius 2 is 1.92 bits per heavy atom. The predicted octanol–water partition coefficient (Wildman–Crippen LogP) is 2.34. The van der Waals surface area contributed by atoms with Gasteiger partial charge in [0.2, 0.25) is 0 Å². The summed E-state index contributed by atoms with van der Waals surface area (Å²) in [5, 5.41) is 11.0. The van der Waals surface area contributed by atoms with Crippen LogP contribution in [0.4, 0.5) is 0 Å². The first-order valence-corrected chi connectivity index (χ1v) is 9.94. The van der Waals surface area contributed by atoms with Crippen molar-refractivity contribution in [2.24, 2.45) is 10.9 Å². The summed E-state index contributed by atoms with van der Waals surface area (Å²) in [6, 6.07) is 2.48. The summed E-state index contributed by atoms with van der Waals surface area (Å²) in [6.07, 6.45) is 9.21. The second kappa shape index (κ2) is 11.1. The van der Waals surface area contributed by atoms with Gasteiger partial charge in [0.15, 0.2) is 5.96 Å². The Labute approximate surface area is 153 Å². The molecule has 1 saturated heterocycles. The van der Waals surface area contributed by atoms with Gasteiger partial charge in [-0.25, -0.2) is 0 Å². The van der Waals surface area contributed by atoms with Gasteiger partial charge in [0.1, 0.15) is 0 Å². The molecule has 2 rings (SSSR count). The fourth-order valence-corrected chi connectivity index (χ4v) is 3.42. The average molecular weight is 349 g/mol. The Kier molecular flexibility index (Phi) is 8.80. The molecule has 142 valence electrons. The predicted molar refractivity (Wildman–Crippen MR) is 105 cm³/mol. The van der Waals surface area contributed by atoms with Gasteiger partial charge in [0.25, 0.3) is 0 Å². The first-order chi connectivity index (χ1) is 12.2. The molecule has 1 aliphatic heterocycles. The van der Waals surface area contributed by atoms with E-state index in [2.05, 4.69) is 41.4 Å². The van der Waals surface area contributed by atoms with Gasteiger partial charge in [-0.05, 0) is 44.8 Å². The van der Waals surface area contributed by atoms with Crippen LogP contribution in [-0.4, -0.2) is 59.4 Å². The Hall–Kier alpha value is -1.56. The molecule has 6 heteroatoms. The summed E-state index contributed by atoms with van der Waals surface area (Å²) in [7, 11) is 0. The van der Waals surface area contributed by atoms with Crippen molar-refractivity contribution in [2.75, 3.05) is 32.7 Å². The number of nitrogens with zero attached hydrogens (tertiary/aromatic N) is 4. The molecule has 25 heavy (non-hydrogen) atoms. The van der Waals surface area contributed by atoms with Crippen molar-refractivity contribution in [3.05, 3.63) is 18.5 Å². The molecule has 0 saturated carbocycles. The molecular weight excluding hydrogens is 312 g/mol. The van der Waals surface area contributed by atoms with Crippen LogP contribution in [0, 0.1) is 5.92 Å². The maximum atomic E-state index is 4.88. The van der Waals surface area contributed by atoms with Crippen molar-refractivity contribution >= 4 is 5.96 Å². The zero-order chi connectivity index (χ0) is 17.9. The lowest BCUT2D eigenvalue weighted by Gasteiger charge is -2.32. The Balaban J connectivity index is 1.88. The van der Waals surface area contributed by atoms with E-state index in [0.717, 1.165) is 32.1 Å². The lowest BCUT2D eigenvalue weighted by molar-refractivity contribution is 0.166. The summed E-state index contributed by atoms with van der Waals surface area (Å²) >= 11 is 0. The van der Waals surface area contributed by atoms with Crippen molar-refractivity contribution in [1.29, 1.82) is 0 Å². The largest absolute Gasteiger partial charge is 0.357 e. The molecule has 0 aromatic carbocycles. The SMILES string of the molecule is CCNC(=NCC(C(C)C)N1CCCCCC1)NCCn1cccn1. The van der Waals surface area contributed by atoms with Crippen LogP contribution >= 0.6 is 0 Å². The molecule has 0 amide bonds. The monoisotopic (exact) mass is 348 g/mol. The van der Waals surface area contributed by atoms with Gasteiger partial charge >= 0.3 is 0 Å². The molecule has 1 atom stereocenters. The maximum Gasteiger partial charge on any atom is 0.191 e. The van der Waals surface area contributed by atoms with E-state index in [1.54, 1.807) is 0 Å². The van der Waals surface area contributed by atoms with E-state index in [1.807, 2.05) is 23.1 Å². The molecule has 2 heterocycles. The van der Waals surface area contributed by atoms with Gasteiger partial charge in [-0.15, -0.1) is 0 Å². The van der Waals surface area contributed by atoms with Crippen LogP contribution in [-0.2, 0) is 6.54 Å². The van der Waals surface area contributed by atoms with Crippen molar-refractivity contribution in [2.45, 2.75) is 59.0 Å². The van der Waals surface area contributed by atoms with Gasteiger partial charge in [0.05, 0.1) is 13.1 Å². The number of hydrogen-bond donors (Lipinski definition) is 2. The number of hydrogen-bond acceptors (Lipinski definition) is 3. The van der Waals surface area contributed by atoms with Crippen molar-refractivity contribution in [1.82, 2.24) is 25.3 Å². The lowest BCUT2D eigenvalue weighted by Crippen LogP contribution is -2.44. The first kappa shape index (κ1) is 19.8. The third-order valence-electron chi connectivity index (χ3n) is 4.85. The van der Waals surface area contributed by atoms with Crippen LogP contribution in [0.25, 0.3) is 0 Å². The van der Waals surface area contributed by atoms with Crippen LogP contribution in [0.15, 0.2) is 23.5 Å². The third kappa shape index (κ3) is 7.06. The summed E-state index contributed by atoms with van der Waals surface area (Å²) < 4.78 is 1.94. The first-order valence-electron chi connectivity index (χ1n) is 9.94. The Morgan fingerprint density at radius 3 is 2.52 bits per heavy atom. The van der Waals surface area contributed by atoms with E-state index in [0.29, 0.717) is 12.0 Å². The Bertz CT molecular complexity index is 474. The lowest BCUT2D eigenvalue weighted by atomic mass is 10.0. The van der Waals surface area contributed by atoms with Crippen LogP contribution < -0.4 is 10.6 Å². The number of aromatic nitrogens is 2. The van der Waals surface area contributed by atoms with Gasteiger partial charge in [-0.1, -0.05) is 26.7 Å². The molecule has 1 aromatic heterocycles. The van der Waals surface area contributed by atoms with E-state index < -0.39 is 0 Å². The molecule has 1 aliphatic rings. The number of aliphatic imine (C=N–C) groups is 1. The third-order valence-corrected chi connectivity index (χ3v) is 4.85. The second-order valence-corrected chi connectivity index (χ2v) is 7.18. The van der Waals surface area contributed by atoms with Gasteiger partial charge in [-0.3, -0.25) is 14.6 Å². The Morgan fingerprint density at radius 1 is 1.16 bits per heavy atom. The topological polar surface area (TPSA) is 57.5 Å². The molecule has 0 spiro atoms. The molecular formula is C19H36N6. The molecule has 1 aromatic rings. The molecule has 0 radical (unpaired) electrons. The zero-order valence-electron chi connectivity index (χ0n) is 16.2. The second-order valence-electron chi connectivity index (χ2n) is 7.18. The van der Waals surface area contributed by atoms with Crippen molar-refractivity contribution in [3.63, 3.8) is 0 Å². The van der Waals surface area contributed by atoms with E-state index in [1.165, 1.54) is 38.8 Å². The van der Waals surface area contributed by atoms with Crippen molar-refractivity contribution in [3.8, 4) is 0 Å². The van der Waals surface area contributed by atoms with E-state index in [4.69, 9.17) is 4.99 Å². The molecule has 0 bridgehead atoms. The highest BCUT2D eigenvalue weighted by molar-refractivity contribution is 5.79. The van der Waals surface area contributed by atoms with Gasteiger partial charge in [0, 0.05) is 31.5 Å². The van der Waals surface area contributed by atoms with Crippen molar-refractivity contribution < 1.29 is 0 Å². The molecule has 1 fully saturated rings. The highest BCUT2D eigenvalue weighted by Crippen LogP contribution is 2.17. The highest BCUT2D eigenvalue weighted by atomic mass is 15.3. The molecule has 1 unspecified atom stereocenters. The minimum atomic E-state index is 0.527. The fourth-order valence-electron chi connectivity index (χ4n) is 3.42. The summed E-state index contributed by atoms with van der Waals surface area (Å²) in [5.41, 5.74) is 0. The maximum absolute atomic E-state index is 4.88. The van der Waals surface area contributed by atoms with Crippen LogP contribution in [0.5, 0.6) is 0 Å². The number of nitrogens with one attached hydrogen (secondary N) is 2. The molecule has 2 N–H and O–H groups in total. The minimum Gasteiger partial charge on any atom is -0.357 e. The highest BCUT2D eigenvalue weighted by Gasteiger charge is 2.22. The van der Waals surface area contributed by atoms with Crippen LogP contribution in [0.2, 0.25) is 0 Å². The van der Waals surface area contributed by atoms with E-state index >= 15 is 0 Å². The quantitative estimate of drug-likeness (QED) is 0.559. The summed E-state index contributed by atoms with van der Waals surface area (Å²) in [4.78, 5) is 7.54. The zero-order valence-corrected chi connectivity index (χ0v) is 16.2. The van der Waals surface area contributed by atoms with E-state index in [9.17, 15) is 0 Å². The number of rotatable bonds is 8. The molecule has 6 nitrogen and oxygen atoms in total.